The number of nitrogens with zero attached hydrogens (tertiary/aromatic N) is 3. The first-order chi connectivity index (χ1) is 16.1. The summed E-state index contributed by atoms with van der Waals surface area (Å²) in [7, 11) is 0. The van der Waals surface area contributed by atoms with Crippen LogP contribution in [0.15, 0.2) is 60.7 Å². The number of carbonyl (C=O) groups is 2. The van der Waals surface area contributed by atoms with Crippen LogP contribution in [0, 0.1) is 5.92 Å². The fraction of sp³-hybridized carbons (Fsp3) is 0.346. The lowest BCUT2D eigenvalue weighted by Gasteiger charge is -2.25. The minimum absolute atomic E-state index is 0.0565. The van der Waals surface area contributed by atoms with E-state index in [1.165, 1.54) is 16.0 Å². The van der Waals surface area contributed by atoms with Crippen LogP contribution in [0.5, 0.6) is 0 Å². The number of carbonyl (C=O) groups excluding carboxylic acids is 2. The molecule has 170 valence electrons. The second-order valence-corrected chi connectivity index (χ2v) is 9.88. The smallest absolute Gasteiger partial charge is 0.231 e. The third kappa shape index (κ3) is 5.31. The zero-order chi connectivity index (χ0) is 22.6. The van der Waals surface area contributed by atoms with Crippen molar-refractivity contribution in [3.8, 4) is 0 Å². The predicted molar refractivity (Wildman–Crippen MR) is 130 cm³/mol. The van der Waals surface area contributed by atoms with E-state index in [4.69, 9.17) is 0 Å². The van der Waals surface area contributed by atoms with E-state index in [9.17, 15) is 9.59 Å². The zero-order valence-corrected chi connectivity index (χ0v) is 19.4. The molecule has 7 heteroatoms. The average Bonchev–Trinajstić information content (AvgIpc) is 3.41. The maximum atomic E-state index is 12.9. The standard InChI is InChI=1S/C26H28N4O2S/c31-24-15-21(17-30(24)14-11-19-7-3-1-4-8-19)25(32)28-26-27-22-12-13-29(18-23(22)33-26)16-20-9-5-2-6-10-20/h1-10,21H,11-18H2,(H,27,28,32). The van der Waals surface area contributed by atoms with Gasteiger partial charge in [-0.05, 0) is 17.5 Å². The molecule has 1 fully saturated rings. The van der Waals surface area contributed by atoms with E-state index >= 15 is 0 Å². The largest absolute Gasteiger partial charge is 0.342 e. The molecule has 1 unspecified atom stereocenters. The Morgan fingerprint density at radius 3 is 2.55 bits per heavy atom. The van der Waals surface area contributed by atoms with E-state index < -0.39 is 0 Å². The summed E-state index contributed by atoms with van der Waals surface area (Å²) in [6, 6.07) is 20.6. The fourth-order valence-corrected chi connectivity index (χ4v) is 5.61. The van der Waals surface area contributed by atoms with Crippen LogP contribution in [0.4, 0.5) is 5.13 Å². The number of fused-ring (bicyclic) bond motifs is 1. The minimum Gasteiger partial charge on any atom is -0.342 e. The summed E-state index contributed by atoms with van der Waals surface area (Å²) in [5.41, 5.74) is 3.60. The molecule has 2 aliphatic rings. The average molecular weight is 461 g/mol. The number of aromatic nitrogens is 1. The highest BCUT2D eigenvalue weighted by molar-refractivity contribution is 7.15. The molecule has 1 N–H and O–H groups in total. The highest BCUT2D eigenvalue weighted by Gasteiger charge is 2.34. The molecule has 0 radical (unpaired) electrons. The van der Waals surface area contributed by atoms with Gasteiger partial charge in [-0.3, -0.25) is 14.5 Å². The molecule has 5 rings (SSSR count). The van der Waals surface area contributed by atoms with E-state index in [-0.39, 0.29) is 24.2 Å². The van der Waals surface area contributed by atoms with Crippen LogP contribution in [0.25, 0.3) is 0 Å². The first-order valence-corrected chi connectivity index (χ1v) is 12.3. The van der Waals surface area contributed by atoms with Gasteiger partial charge in [-0.2, -0.15) is 0 Å². The molecule has 1 atom stereocenters. The molecule has 3 heterocycles. The molecule has 0 bridgehead atoms. The van der Waals surface area contributed by atoms with Gasteiger partial charge in [0.1, 0.15) is 0 Å². The van der Waals surface area contributed by atoms with Crippen LogP contribution in [-0.2, 0) is 35.5 Å². The van der Waals surface area contributed by atoms with Gasteiger partial charge in [0.15, 0.2) is 5.13 Å². The van der Waals surface area contributed by atoms with Crippen molar-refractivity contribution in [3.63, 3.8) is 0 Å². The molecule has 33 heavy (non-hydrogen) atoms. The number of benzene rings is 2. The van der Waals surface area contributed by atoms with Gasteiger partial charge in [0.25, 0.3) is 0 Å². The lowest BCUT2D eigenvalue weighted by Crippen LogP contribution is -2.30. The maximum absolute atomic E-state index is 12.9. The van der Waals surface area contributed by atoms with Gasteiger partial charge in [-0.15, -0.1) is 11.3 Å². The number of likely N-dealkylation sites (tertiary alicyclic amines) is 1. The monoisotopic (exact) mass is 460 g/mol. The van der Waals surface area contributed by atoms with Crippen molar-refractivity contribution >= 4 is 28.3 Å². The summed E-state index contributed by atoms with van der Waals surface area (Å²) in [4.78, 5) is 35.4. The van der Waals surface area contributed by atoms with Crippen LogP contribution in [0.1, 0.15) is 28.1 Å². The van der Waals surface area contributed by atoms with Crippen molar-refractivity contribution in [2.75, 3.05) is 25.0 Å². The van der Waals surface area contributed by atoms with E-state index in [1.54, 1.807) is 11.3 Å². The van der Waals surface area contributed by atoms with Gasteiger partial charge in [0.05, 0.1) is 11.6 Å². The van der Waals surface area contributed by atoms with Crippen LogP contribution < -0.4 is 5.32 Å². The summed E-state index contributed by atoms with van der Waals surface area (Å²) < 4.78 is 0. The second-order valence-electron chi connectivity index (χ2n) is 8.80. The zero-order valence-electron chi connectivity index (χ0n) is 18.6. The van der Waals surface area contributed by atoms with Gasteiger partial charge in [0.2, 0.25) is 11.8 Å². The van der Waals surface area contributed by atoms with E-state index in [0.717, 1.165) is 38.2 Å². The van der Waals surface area contributed by atoms with Crippen LogP contribution in [-0.4, -0.2) is 46.2 Å². The number of hydrogen-bond donors (Lipinski definition) is 1. The van der Waals surface area contributed by atoms with Crippen molar-refractivity contribution in [1.29, 1.82) is 0 Å². The number of hydrogen-bond acceptors (Lipinski definition) is 5. The summed E-state index contributed by atoms with van der Waals surface area (Å²) in [5.74, 6) is -0.359. The van der Waals surface area contributed by atoms with Gasteiger partial charge in [-0.1, -0.05) is 60.7 Å². The molecule has 2 amide bonds. The predicted octanol–water partition coefficient (Wildman–Crippen LogP) is 3.73. The number of rotatable bonds is 7. The van der Waals surface area contributed by atoms with Crippen molar-refractivity contribution < 1.29 is 9.59 Å². The van der Waals surface area contributed by atoms with Gasteiger partial charge >= 0.3 is 0 Å². The number of amides is 2. The van der Waals surface area contributed by atoms with Crippen LogP contribution in [0.2, 0.25) is 0 Å². The molecule has 2 aliphatic heterocycles. The van der Waals surface area contributed by atoms with Crippen LogP contribution in [0.3, 0.4) is 0 Å². The second kappa shape index (κ2) is 9.85. The number of anilines is 1. The molecule has 1 saturated heterocycles. The Kier molecular flexibility index (Phi) is 6.51. The molecular formula is C26H28N4O2S. The third-order valence-electron chi connectivity index (χ3n) is 6.39. The van der Waals surface area contributed by atoms with Gasteiger partial charge in [0, 0.05) is 50.4 Å². The van der Waals surface area contributed by atoms with Crippen molar-refractivity contribution in [2.45, 2.75) is 32.4 Å². The maximum Gasteiger partial charge on any atom is 0.231 e. The van der Waals surface area contributed by atoms with E-state index in [1.807, 2.05) is 29.2 Å². The van der Waals surface area contributed by atoms with E-state index in [2.05, 4.69) is 51.6 Å². The highest BCUT2D eigenvalue weighted by Crippen LogP contribution is 2.30. The Balaban J connectivity index is 1.14. The Labute approximate surface area is 198 Å². The topological polar surface area (TPSA) is 65.5 Å². The lowest BCUT2D eigenvalue weighted by atomic mass is 10.1. The van der Waals surface area contributed by atoms with Crippen molar-refractivity contribution in [1.82, 2.24) is 14.8 Å². The summed E-state index contributed by atoms with van der Waals surface area (Å²) in [5, 5.41) is 3.65. The SMILES string of the molecule is O=C(Nc1nc2c(s1)CN(Cc1ccccc1)CC2)C1CC(=O)N(CCc2ccccc2)C1. The summed E-state index contributed by atoms with van der Waals surface area (Å²) >= 11 is 1.56. The van der Waals surface area contributed by atoms with Crippen molar-refractivity contribution in [2.24, 2.45) is 5.92 Å². The first-order valence-electron chi connectivity index (χ1n) is 11.5. The highest BCUT2D eigenvalue weighted by atomic mass is 32.1. The Morgan fingerprint density at radius 1 is 1.06 bits per heavy atom. The Morgan fingerprint density at radius 2 is 1.79 bits per heavy atom. The fourth-order valence-electron chi connectivity index (χ4n) is 4.56. The Bertz CT molecular complexity index is 1120. The molecule has 6 nitrogen and oxygen atoms in total. The normalized spacial score (nSPS) is 18.4. The first kappa shape index (κ1) is 21.8. The lowest BCUT2D eigenvalue weighted by molar-refractivity contribution is -0.128. The minimum atomic E-state index is -0.316. The van der Waals surface area contributed by atoms with Gasteiger partial charge in [-0.25, -0.2) is 4.98 Å². The van der Waals surface area contributed by atoms with Gasteiger partial charge < -0.3 is 10.2 Å². The quantitative estimate of drug-likeness (QED) is 0.584. The van der Waals surface area contributed by atoms with Crippen LogP contribution >= 0.6 is 11.3 Å². The number of nitrogens with one attached hydrogen (secondary N) is 1. The Hall–Kier alpha value is -3.03. The molecule has 0 spiro atoms. The molecule has 0 aliphatic carbocycles. The molecule has 3 aromatic rings. The summed E-state index contributed by atoms with van der Waals surface area (Å²) in [6.07, 6.45) is 1.97. The molecule has 1 aromatic heterocycles. The number of thiazole rings is 1. The molecular weight excluding hydrogens is 432 g/mol. The van der Waals surface area contributed by atoms with E-state index in [0.29, 0.717) is 18.2 Å². The molecule has 0 saturated carbocycles. The van der Waals surface area contributed by atoms with Crippen molar-refractivity contribution in [3.05, 3.63) is 82.4 Å². The third-order valence-corrected chi connectivity index (χ3v) is 7.39. The molecule has 2 aromatic carbocycles. The summed E-state index contributed by atoms with van der Waals surface area (Å²) in [6.45, 7) is 3.87.